The highest BCUT2D eigenvalue weighted by molar-refractivity contribution is 7.89. The number of hydrogen-bond acceptors (Lipinski definition) is 4. The molecule has 1 saturated heterocycles. The van der Waals surface area contributed by atoms with E-state index in [2.05, 4.69) is 17.1 Å². The summed E-state index contributed by atoms with van der Waals surface area (Å²) in [4.78, 5) is 4.32. The highest BCUT2D eigenvalue weighted by atomic mass is 32.2. The van der Waals surface area contributed by atoms with Crippen LogP contribution in [0.15, 0.2) is 65.7 Å². The van der Waals surface area contributed by atoms with Crippen molar-refractivity contribution in [2.75, 3.05) is 13.1 Å². The Hall–Kier alpha value is -2.44. The zero-order chi connectivity index (χ0) is 18.1. The highest BCUT2D eigenvalue weighted by Crippen LogP contribution is 2.34. The molecule has 4 rings (SSSR count). The van der Waals surface area contributed by atoms with Crippen molar-refractivity contribution in [3.8, 4) is 5.75 Å². The average Bonchev–Trinajstić information content (AvgIpc) is 2.69. The molecular weight excluding hydrogens is 348 g/mol. The van der Waals surface area contributed by atoms with Crippen molar-refractivity contribution < 1.29 is 13.5 Å². The van der Waals surface area contributed by atoms with Crippen LogP contribution >= 0.6 is 0 Å². The van der Waals surface area contributed by atoms with Crippen LogP contribution in [0.4, 0.5) is 0 Å². The van der Waals surface area contributed by atoms with Crippen molar-refractivity contribution in [2.24, 2.45) is 0 Å². The molecule has 1 aromatic heterocycles. The first-order chi connectivity index (χ1) is 12.6. The smallest absolute Gasteiger partial charge is 0.243 e. The molecule has 0 saturated carbocycles. The second-order valence-corrected chi connectivity index (χ2v) is 8.48. The Kier molecular flexibility index (Phi) is 4.38. The van der Waals surface area contributed by atoms with Gasteiger partial charge in [-0.3, -0.25) is 4.98 Å². The van der Waals surface area contributed by atoms with Crippen molar-refractivity contribution >= 4 is 20.9 Å². The lowest BCUT2D eigenvalue weighted by atomic mass is 9.90. The van der Waals surface area contributed by atoms with Crippen LogP contribution in [0, 0.1) is 0 Å². The van der Waals surface area contributed by atoms with E-state index in [1.165, 1.54) is 17.7 Å². The Morgan fingerprint density at radius 1 is 0.962 bits per heavy atom. The van der Waals surface area contributed by atoms with Gasteiger partial charge in [-0.05, 0) is 48.6 Å². The van der Waals surface area contributed by atoms with Crippen molar-refractivity contribution in [2.45, 2.75) is 23.7 Å². The third-order valence-corrected chi connectivity index (χ3v) is 7.01. The number of piperidine rings is 1. The minimum atomic E-state index is -3.63. The predicted octanol–water partition coefficient (Wildman–Crippen LogP) is 3.51. The third kappa shape index (κ3) is 2.95. The van der Waals surface area contributed by atoms with Gasteiger partial charge in [0.25, 0.3) is 0 Å². The van der Waals surface area contributed by atoms with Crippen LogP contribution < -0.4 is 0 Å². The molecule has 0 amide bonds. The molecule has 2 aromatic carbocycles. The SMILES string of the molecule is O=S(=O)(c1ccc(O)c2ncccc12)N1CCC(c2ccccc2)CC1. The molecule has 0 bridgehead atoms. The first-order valence-electron chi connectivity index (χ1n) is 8.69. The van der Waals surface area contributed by atoms with Crippen molar-refractivity contribution in [1.82, 2.24) is 9.29 Å². The fourth-order valence-electron chi connectivity index (χ4n) is 3.65. The van der Waals surface area contributed by atoms with Crippen LogP contribution in [0.3, 0.4) is 0 Å². The Morgan fingerprint density at radius 3 is 2.42 bits per heavy atom. The minimum absolute atomic E-state index is 0.0117. The van der Waals surface area contributed by atoms with Gasteiger partial charge in [-0.1, -0.05) is 30.3 Å². The van der Waals surface area contributed by atoms with Crippen molar-refractivity contribution in [3.05, 3.63) is 66.4 Å². The van der Waals surface area contributed by atoms with Gasteiger partial charge in [-0.2, -0.15) is 4.31 Å². The highest BCUT2D eigenvalue weighted by Gasteiger charge is 2.31. The van der Waals surface area contributed by atoms with Gasteiger partial charge < -0.3 is 5.11 Å². The fraction of sp³-hybridized carbons (Fsp3) is 0.250. The Labute approximate surface area is 153 Å². The standard InChI is InChI=1S/C20H20N2O3S/c23-18-8-9-19(17-7-4-12-21-20(17)18)26(24,25)22-13-10-16(11-14-22)15-5-2-1-3-6-15/h1-9,12,16,23H,10-11,13-14H2. The van der Waals surface area contributed by atoms with Gasteiger partial charge in [0.1, 0.15) is 11.3 Å². The maximum absolute atomic E-state index is 13.2. The van der Waals surface area contributed by atoms with E-state index < -0.39 is 10.0 Å². The number of sulfonamides is 1. The molecule has 1 fully saturated rings. The Morgan fingerprint density at radius 2 is 1.69 bits per heavy atom. The lowest BCUT2D eigenvalue weighted by Gasteiger charge is -2.31. The van der Waals surface area contributed by atoms with Gasteiger partial charge in [0.2, 0.25) is 10.0 Å². The molecule has 1 aliphatic rings. The monoisotopic (exact) mass is 368 g/mol. The molecule has 5 nitrogen and oxygen atoms in total. The summed E-state index contributed by atoms with van der Waals surface area (Å²) in [6.45, 7) is 0.981. The topological polar surface area (TPSA) is 70.5 Å². The quantitative estimate of drug-likeness (QED) is 0.768. The summed E-state index contributed by atoms with van der Waals surface area (Å²) in [6.07, 6.45) is 3.15. The number of pyridine rings is 1. The van der Waals surface area contributed by atoms with Gasteiger partial charge in [0, 0.05) is 24.7 Å². The molecule has 2 heterocycles. The summed E-state index contributed by atoms with van der Waals surface area (Å²) >= 11 is 0. The Bertz CT molecular complexity index is 1030. The van der Waals surface area contributed by atoms with E-state index >= 15 is 0 Å². The number of aromatic nitrogens is 1. The largest absolute Gasteiger partial charge is 0.506 e. The summed E-state index contributed by atoms with van der Waals surface area (Å²) < 4.78 is 27.9. The number of aromatic hydroxyl groups is 1. The molecule has 0 aliphatic carbocycles. The van der Waals surface area contributed by atoms with E-state index in [-0.39, 0.29) is 10.6 Å². The van der Waals surface area contributed by atoms with Crippen molar-refractivity contribution in [3.63, 3.8) is 0 Å². The van der Waals surface area contributed by atoms with Crippen LogP contribution in [0.5, 0.6) is 5.75 Å². The number of fused-ring (bicyclic) bond motifs is 1. The molecule has 1 N–H and O–H groups in total. The molecule has 3 aromatic rings. The summed E-state index contributed by atoms with van der Waals surface area (Å²) in [5, 5.41) is 10.4. The lowest BCUT2D eigenvalue weighted by molar-refractivity contribution is 0.320. The van der Waals surface area contributed by atoms with Gasteiger partial charge >= 0.3 is 0 Å². The first-order valence-corrected chi connectivity index (χ1v) is 10.1. The van der Waals surface area contributed by atoms with Crippen LogP contribution in [-0.4, -0.2) is 35.9 Å². The van der Waals surface area contributed by atoms with Crippen LogP contribution in [0.2, 0.25) is 0 Å². The summed E-state index contributed by atoms with van der Waals surface area (Å²) in [5.74, 6) is 0.378. The molecule has 6 heteroatoms. The average molecular weight is 368 g/mol. The molecule has 0 unspecified atom stereocenters. The second-order valence-electron chi connectivity index (χ2n) is 6.57. The second kappa shape index (κ2) is 6.70. The van der Waals surface area contributed by atoms with E-state index in [0.29, 0.717) is 29.9 Å². The number of phenols is 1. The van der Waals surface area contributed by atoms with E-state index in [1.54, 1.807) is 22.6 Å². The number of hydrogen-bond donors (Lipinski definition) is 1. The molecule has 0 radical (unpaired) electrons. The van der Waals surface area contributed by atoms with E-state index in [4.69, 9.17) is 0 Å². The van der Waals surface area contributed by atoms with Gasteiger partial charge in [-0.15, -0.1) is 0 Å². The van der Waals surface area contributed by atoms with E-state index in [0.717, 1.165) is 12.8 Å². The first kappa shape index (κ1) is 17.0. The van der Waals surface area contributed by atoms with E-state index in [1.807, 2.05) is 18.2 Å². The number of phenolic OH excluding ortho intramolecular Hbond substituents is 1. The predicted molar refractivity (Wildman–Crippen MR) is 101 cm³/mol. The van der Waals surface area contributed by atoms with Gasteiger partial charge in [0.15, 0.2) is 0 Å². The van der Waals surface area contributed by atoms with Crippen LogP contribution in [0.25, 0.3) is 10.9 Å². The molecule has 134 valence electrons. The third-order valence-electron chi connectivity index (χ3n) is 5.05. The zero-order valence-corrected chi connectivity index (χ0v) is 15.1. The van der Waals surface area contributed by atoms with Crippen LogP contribution in [-0.2, 0) is 10.0 Å². The Balaban J connectivity index is 1.62. The maximum Gasteiger partial charge on any atom is 0.243 e. The number of rotatable bonds is 3. The maximum atomic E-state index is 13.2. The van der Waals surface area contributed by atoms with Crippen molar-refractivity contribution in [1.29, 1.82) is 0 Å². The fourth-order valence-corrected chi connectivity index (χ4v) is 5.30. The lowest BCUT2D eigenvalue weighted by Crippen LogP contribution is -2.38. The molecule has 1 aliphatic heterocycles. The van der Waals surface area contributed by atoms with E-state index in [9.17, 15) is 13.5 Å². The summed E-state index contributed by atoms with van der Waals surface area (Å²) in [5.41, 5.74) is 1.58. The normalized spacial score (nSPS) is 16.8. The summed E-state index contributed by atoms with van der Waals surface area (Å²) in [7, 11) is -3.63. The van der Waals surface area contributed by atoms with Crippen LogP contribution in [0.1, 0.15) is 24.3 Å². The minimum Gasteiger partial charge on any atom is -0.506 e. The zero-order valence-electron chi connectivity index (χ0n) is 14.2. The molecule has 0 spiro atoms. The number of nitrogens with zero attached hydrogens (tertiary/aromatic N) is 2. The van der Waals surface area contributed by atoms with Gasteiger partial charge in [-0.25, -0.2) is 8.42 Å². The summed E-state index contributed by atoms with van der Waals surface area (Å²) in [6, 6.07) is 16.5. The molecule has 0 atom stereocenters. The molecular formula is C20H20N2O3S. The molecule has 26 heavy (non-hydrogen) atoms. The van der Waals surface area contributed by atoms with Gasteiger partial charge in [0.05, 0.1) is 4.90 Å². The number of benzene rings is 2.